The molecule has 6 heteroatoms. The van der Waals surface area contributed by atoms with Crippen molar-refractivity contribution in [2.75, 3.05) is 13.2 Å². The van der Waals surface area contributed by atoms with Gasteiger partial charge in [0.25, 0.3) is 5.91 Å². The molecule has 0 saturated carbocycles. The number of amides is 1. The first kappa shape index (κ1) is 17.4. The summed E-state index contributed by atoms with van der Waals surface area (Å²) in [6.07, 6.45) is 1.99. The Morgan fingerprint density at radius 2 is 2.00 bits per heavy atom. The van der Waals surface area contributed by atoms with Gasteiger partial charge in [0.05, 0.1) is 11.3 Å². The van der Waals surface area contributed by atoms with Crippen LogP contribution >= 0.6 is 11.3 Å². The van der Waals surface area contributed by atoms with Gasteiger partial charge in [-0.2, -0.15) is 0 Å². The van der Waals surface area contributed by atoms with Crippen LogP contribution in [0.4, 0.5) is 0 Å². The smallest absolute Gasteiger partial charge is 0.306 e. The maximum atomic E-state index is 11.8. The molecule has 0 radical (unpaired) electrons. The van der Waals surface area contributed by atoms with Crippen LogP contribution in [-0.4, -0.2) is 30.8 Å². The van der Waals surface area contributed by atoms with E-state index in [0.29, 0.717) is 11.4 Å². The summed E-state index contributed by atoms with van der Waals surface area (Å²) in [4.78, 5) is 36.3. The summed E-state index contributed by atoms with van der Waals surface area (Å²) in [6.45, 7) is 4.25. The fraction of sp³-hybridized carbons (Fsp3) is 0.533. The van der Waals surface area contributed by atoms with Crippen molar-refractivity contribution < 1.29 is 19.1 Å². The molecule has 0 fully saturated rings. The van der Waals surface area contributed by atoms with E-state index in [1.165, 1.54) is 11.3 Å². The lowest BCUT2D eigenvalue weighted by Crippen LogP contribution is -2.29. The molecule has 21 heavy (non-hydrogen) atoms. The van der Waals surface area contributed by atoms with Crippen molar-refractivity contribution in [3.63, 3.8) is 0 Å². The Bertz CT molecular complexity index is 496. The molecule has 5 nitrogen and oxygen atoms in total. The molecular weight excluding hydrogens is 290 g/mol. The summed E-state index contributed by atoms with van der Waals surface area (Å²) in [5.74, 6) is -0.906. The number of Topliss-reactive ketones (excluding diaryl/α,β-unsaturated/α-hetero) is 1. The Balaban J connectivity index is 2.19. The van der Waals surface area contributed by atoms with Crippen LogP contribution in [-0.2, 0) is 14.3 Å². The van der Waals surface area contributed by atoms with Crippen molar-refractivity contribution in [3.8, 4) is 0 Å². The number of hydrogen-bond acceptors (Lipinski definition) is 5. The van der Waals surface area contributed by atoms with Gasteiger partial charge in [-0.25, -0.2) is 0 Å². The second kappa shape index (κ2) is 9.28. The highest BCUT2D eigenvalue weighted by molar-refractivity contribution is 7.14. The number of thiophene rings is 1. The van der Waals surface area contributed by atoms with Crippen LogP contribution < -0.4 is 5.32 Å². The number of esters is 1. The Labute approximate surface area is 128 Å². The molecule has 1 amide bonds. The first-order valence-corrected chi connectivity index (χ1v) is 7.86. The first-order chi connectivity index (χ1) is 10.0. The van der Waals surface area contributed by atoms with Crippen LogP contribution in [0.2, 0.25) is 0 Å². The largest absolute Gasteiger partial charge is 0.456 e. The molecule has 0 saturated heterocycles. The number of ether oxygens (including phenoxy) is 1. The molecule has 0 aliphatic rings. The van der Waals surface area contributed by atoms with E-state index in [0.717, 1.165) is 17.7 Å². The number of ketones is 1. The quantitative estimate of drug-likeness (QED) is 0.432. The number of rotatable bonds is 9. The predicted octanol–water partition coefficient (Wildman–Crippen LogP) is 2.48. The van der Waals surface area contributed by atoms with E-state index in [-0.39, 0.29) is 31.1 Å². The van der Waals surface area contributed by atoms with Gasteiger partial charge in [-0.05, 0) is 25.5 Å². The Morgan fingerprint density at radius 1 is 1.24 bits per heavy atom. The van der Waals surface area contributed by atoms with Crippen molar-refractivity contribution in [3.05, 3.63) is 21.9 Å². The summed E-state index contributed by atoms with van der Waals surface area (Å²) in [5.41, 5.74) is 0. The van der Waals surface area contributed by atoms with Gasteiger partial charge in [0, 0.05) is 17.8 Å². The lowest BCUT2D eigenvalue weighted by atomic mass is 10.2. The van der Waals surface area contributed by atoms with Crippen LogP contribution in [0.25, 0.3) is 0 Å². The van der Waals surface area contributed by atoms with Gasteiger partial charge in [-0.3, -0.25) is 14.4 Å². The topological polar surface area (TPSA) is 72.5 Å². The molecule has 1 aromatic rings. The molecular formula is C15H21NO4S. The third-order valence-corrected chi connectivity index (χ3v) is 3.83. The second-order valence-corrected chi connectivity index (χ2v) is 5.99. The highest BCUT2D eigenvalue weighted by Crippen LogP contribution is 2.17. The van der Waals surface area contributed by atoms with Gasteiger partial charge >= 0.3 is 5.97 Å². The number of unbranched alkanes of at least 4 members (excludes halogenated alkanes) is 1. The molecule has 1 N–H and O–H groups in total. The number of carbonyl (C=O) groups excluding carboxylic acids is 3. The monoisotopic (exact) mass is 311 g/mol. The van der Waals surface area contributed by atoms with E-state index in [4.69, 9.17) is 4.74 Å². The lowest BCUT2D eigenvalue weighted by molar-refractivity contribution is -0.148. The van der Waals surface area contributed by atoms with E-state index < -0.39 is 5.97 Å². The van der Waals surface area contributed by atoms with Crippen LogP contribution in [0.3, 0.4) is 0 Å². The van der Waals surface area contributed by atoms with Crippen molar-refractivity contribution in [1.29, 1.82) is 0 Å². The number of carbonyl (C=O) groups is 3. The molecule has 0 aliphatic carbocycles. The zero-order valence-electron chi connectivity index (χ0n) is 12.4. The first-order valence-electron chi connectivity index (χ1n) is 7.05. The molecule has 0 bridgehead atoms. The molecule has 116 valence electrons. The fourth-order valence-corrected chi connectivity index (χ4v) is 2.43. The maximum Gasteiger partial charge on any atom is 0.306 e. The van der Waals surface area contributed by atoms with Gasteiger partial charge in [0.2, 0.25) is 0 Å². The summed E-state index contributed by atoms with van der Waals surface area (Å²) >= 11 is 1.41. The SMILES string of the molecule is CCCCNC(=O)COC(=O)CCC(=O)c1ccc(C)s1. The standard InChI is InChI=1S/C15H21NO4S/c1-3-4-9-16-14(18)10-20-15(19)8-6-12(17)13-7-5-11(2)21-13/h5,7H,3-4,6,8-10H2,1-2H3,(H,16,18). The Hall–Kier alpha value is -1.69. The van der Waals surface area contributed by atoms with Crippen molar-refractivity contribution in [2.45, 2.75) is 39.5 Å². The van der Waals surface area contributed by atoms with Crippen LogP contribution in [0.5, 0.6) is 0 Å². The predicted molar refractivity (Wildman–Crippen MR) is 81.5 cm³/mol. The molecule has 0 atom stereocenters. The zero-order chi connectivity index (χ0) is 15.7. The van der Waals surface area contributed by atoms with E-state index in [1.54, 1.807) is 6.07 Å². The molecule has 1 heterocycles. The van der Waals surface area contributed by atoms with E-state index in [1.807, 2.05) is 19.9 Å². The minimum Gasteiger partial charge on any atom is -0.456 e. The molecule has 0 unspecified atom stereocenters. The molecule has 0 aromatic carbocycles. The van der Waals surface area contributed by atoms with Gasteiger partial charge in [-0.1, -0.05) is 13.3 Å². The molecule has 1 aromatic heterocycles. The van der Waals surface area contributed by atoms with Crippen LogP contribution in [0, 0.1) is 6.92 Å². The average molecular weight is 311 g/mol. The highest BCUT2D eigenvalue weighted by atomic mass is 32.1. The Morgan fingerprint density at radius 3 is 2.62 bits per heavy atom. The van der Waals surface area contributed by atoms with Crippen molar-refractivity contribution in [1.82, 2.24) is 5.32 Å². The van der Waals surface area contributed by atoms with Gasteiger partial charge in [0.1, 0.15) is 0 Å². The normalized spacial score (nSPS) is 10.2. The summed E-state index contributed by atoms with van der Waals surface area (Å²) in [7, 11) is 0. The van der Waals surface area contributed by atoms with Gasteiger partial charge < -0.3 is 10.1 Å². The fourth-order valence-electron chi connectivity index (χ4n) is 1.60. The second-order valence-electron chi connectivity index (χ2n) is 4.70. The van der Waals surface area contributed by atoms with E-state index >= 15 is 0 Å². The molecule has 0 spiro atoms. The maximum absolute atomic E-state index is 11.8. The molecule has 1 rings (SSSR count). The van der Waals surface area contributed by atoms with Gasteiger partial charge in [0.15, 0.2) is 12.4 Å². The van der Waals surface area contributed by atoms with E-state index in [9.17, 15) is 14.4 Å². The third kappa shape index (κ3) is 7.04. The van der Waals surface area contributed by atoms with Gasteiger partial charge in [-0.15, -0.1) is 11.3 Å². The summed E-state index contributed by atoms with van der Waals surface area (Å²) in [5, 5.41) is 2.65. The minimum atomic E-state index is -0.526. The Kier molecular flexibility index (Phi) is 7.68. The van der Waals surface area contributed by atoms with E-state index in [2.05, 4.69) is 5.32 Å². The lowest BCUT2D eigenvalue weighted by Gasteiger charge is -2.05. The summed E-state index contributed by atoms with van der Waals surface area (Å²) in [6, 6.07) is 3.63. The highest BCUT2D eigenvalue weighted by Gasteiger charge is 2.12. The van der Waals surface area contributed by atoms with Crippen molar-refractivity contribution in [2.24, 2.45) is 0 Å². The van der Waals surface area contributed by atoms with Crippen LogP contribution in [0.1, 0.15) is 47.2 Å². The third-order valence-electron chi connectivity index (χ3n) is 2.79. The van der Waals surface area contributed by atoms with Crippen molar-refractivity contribution >= 4 is 29.0 Å². The summed E-state index contributed by atoms with van der Waals surface area (Å²) < 4.78 is 4.83. The molecule has 0 aliphatic heterocycles. The number of hydrogen-bond donors (Lipinski definition) is 1. The number of aryl methyl sites for hydroxylation is 1. The van der Waals surface area contributed by atoms with Crippen LogP contribution in [0.15, 0.2) is 12.1 Å². The zero-order valence-corrected chi connectivity index (χ0v) is 13.3. The minimum absolute atomic E-state index is 0.00196. The average Bonchev–Trinajstić information content (AvgIpc) is 2.89. The number of nitrogens with one attached hydrogen (secondary N) is 1.